The highest BCUT2D eigenvalue weighted by atomic mass is 19.1. The van der Waals surface area contributed by atoms with E-state index >= 15 is 0 Å². The molecule has 0 aliphatic rings. The molecule has 0 spiro atoms. The molecule has 6 heteroatoms. The molecule has 0 saturated carbocycles. The number of benzene rings is 1. The number of carbonyl (C=O) groups is 2. The fraction of sp³-hybridized carbons (Fsp3) is 0.250. The van der Waals surface area contributed by atoms with Gasteiger partial charge in [0.15, 0.2) is 0 Å². The summed E-state index contributed by atoms with van der Waals surface area (Å²) in [5.74, 6) is -1.24. The number of rotatable bonds is 4. The Labute approximate surface area is 127 Å². The van der Waals surface area contributed by atoms with E-state index in [1.165, 1.54) is 24.3 Å². The maximum Gasteiger partial charge on any atom is 0.340 e. The Bertz CT molecular complexity index is 705. The lowest BCUT2D eigenvalue weighted by Crippen LogP contribution is -2.14. The molecule has 1 amide bonds. The minimum Gasteiger partial charge on any atom is -0.462 e. The third-order valence-electron chi connectivity index (χ3n) is 3.25. The van der Waals surface area contributed by atoms with E-state index in [1.54, 1.807) is 20.8 Å². The first-order valence-corrected chi connectivity index (χ1v) is 6.87. The van der Waals surface area contributed by atoms with Crippen molar-refractivity contribution >= 4 is 17.6 Å². The summed E-state index contributed by atoms with van der Waals surface area (Å²) in [6, 6.07) is 5.44. The fourth-order valence-electron chi connectivity index (χ4n) is 2.21. The zero-order chi connectivity index (χ0) is 16.3. The highest BCUT2D eigenvalue weighted by Gasteiger charge is 2.22. The standard InChI is InChI=1S/C16H17FN2O3/c1-4-22-16(21)13-9(2)14(18-10(13)3)15(20)19-12-7-5-11(17)6-8-12/h5-8,18H,4H2,1-3H3,(H,19,20). The molecule has 22 heavy (non-hydrogen) atoms. The SMILES string of the molecule is CCOC(=O)c1c(C)[nH]c(C(=O)Nc2ccc(F)cc2)c1C. The third-order valence-corrected chi connectivity index (χ3v) is 3.25. The number of hydrogen-bond acceptors (Lipinski definition) is 3. The van der Waals surface area contributed by atoms with Crippen molar-refractivity contribution in [1.29, 1.82) is 0 Å². The monoisotopic (exact) mass is 304 g/mol. The Morgan fingerprint density at radius 3 is 2.45 bits per heavy atom. The van der Waals surface area contributed by atoms with Crippen molar-refractivity contribution in [2.75, 3.05) is 11.9 Å². The van der Waals surface area contributed by atoms with Crippen LogP contribution >= 0.6 is 0 Å². The minimum atomic E-state index is -0.463. The summed E-state index contributed by atoms with van der Waals surface area (Å²) < 4.78 is 17.8. The molecule has 2 rings (SSSR count). The van der Waals surface area contributed by atoms with Crippen LogP contribution < -0.4 is 5.32 Å². The molecule has 0 atom stereocenters. The summed E-state index contributed by atoms with van der Waals surface area (Å²) in [5.41, 5.74) is 2.21. The number of aromatic nitrogens is 1. The molecule has 0 radical (unpaired) electrons. The molecule has 1 aromatic heterocycles. The molecule has 2 N–H and O–H groups in total. The molecule has 0 unspecified atom stereocenters. The number of hydrogen-bond donors (Lipinski definition) is 2. The maximum atomic E-state index is 12.9. The summed E-state index contributed by atoms with van der Waals surface area (Å²) in [7, 11) is 0. The van der Waals surface area contributed by atoms with Crippen LogP contribution in [-0.2, 0) is 4.74 Å². The minimum absolute atomic E-state index is 0.264. The van der Waals surface area contributed by atoms with Gasteiger partial charge in [-0.3, -0.25) is 4.79 Å². The molecule has 5 nitrogen and oxygen atoms in total. The topological polar surface area (TPSA) is 71.2 Å². The molecule has 116 valence electrons. The lowest BCUT2D eigenvalue weighted by atomic mass is 10.1. The Kier molecular flexibility index (Phi) is 4.60. The normalized spacial score (nSPS) is 10.4. The quantitative estimate of drug-likeness (QED) is 0.852. The summed E-state index contributed by atoms with van der Waals surface area (Å²) in [4.78, 5) is 27.1. The molecule has 0 aliphatic carbocycles. The summed E-state index contributed by atoms with van der Waals surface area (Å²) in [5, 5.41) is 2.65. The highest BCUT2D eigenvalue weighted by molar-refractivity contribution is 6.06. The van der Waals surface area contributed by atoms with Gasteiger partial charge < -0.3 is 15.0 Å². The van der Waals surface area contributed by atoms with Crippen LogP contribution in [0.2, 0.25) is 0 Å². The Morgan fingerprint density at radius 1 is 1.23 bits per heavy atom. The van der Waals surface area contributed by atoms with Gasteiger partial charge in [0.2, 0.25) is 0 Å². The van der Waals surface area contributed by atoms with E-state index in [2.05, 4.69) is 10.3 Å². The average molecular weight is 304 g/mol. The van der Waals surface area contributed by atoms with Gasteiger partial charge in [-0.15, -0.1) is 0 Å². The number of carbonyl (C=O) groups excluding carboxylic acids is 2. The molecule has 0 aliphatic heterocycles. The number of amides is 1. The van der Waals surface area contributed by atoms with Crippen molar-refractivity contribution in [3.8, 4) is 0 Å². The van der Waals surface area contributed by atoms with E-state index in [-0.39, 0.29) is 18.1 Å². The van der Waals surface area contributed by atoms with Crippen molar-refractivity contribution in [2.45, 2.75) is 20.8 Å². The number of aryl methyl sites for hydroxylation is 1. The van der Waals surface area contributed by atoms with Gasteiger partial charge in [-0.2, -0.15) is 0 Å². The number of H-pyrrole nitrogens is 1. The van der Waals surface area contributed by atoms with E-state index in [1.807, 2.05) is 0 Å². The molecular weight excluding hydrogens is 287 g/mol. The molecular formula is C16H17FN2O3. The van der Waals surface area contributed by atoms with Crippen LogP contribution in [0.4, 0.5) is 10.1 Å². The zero-order valence-corrected chi connectivity index (χ0v) is 12.6. The first-order valence-electron chi connectivity index (χ1n) is 6.87. The van der Waals surface area contributed by atoms with Gasteiger partial charge >= 0.3 is 5.97 Å². The van der Waals surface area contributed by atoms with Gasteiger partial charge in [-0.25, -0.2) is 9.18 Å². The number of anilines is 1. The average Bonchev–Trinajstić information content (AvgIpc) is 2.77. The van der Waals surface area contributed by atoms with Gasteiger partial charge in [-0.1, -0.05) is 0 Å². The van der Waals surface area contributed by atoms with Gasteiger partial charge in [0.1, 0.15) is 11.5 Å². The van der Waals surface area contributed by atoms with Crippen LogP contribution in [0.15, 0.2) is 24.3 Å². The van der Waals surface area contributed by atoms with Gasteiger partial charge in [-0.05, 0) is 50.6 Å². The first kappa shape index (κ1) is 15.8. The van der Waals surface area contributed by atoms with Crippen molar-refractivity contribution in [3.05, 3.63) is 52.6 Å². The summed E-state index contributed by atoms with van der Waals surface area (Å²) >= 11 is 0. The molecule has 1 aromatic carbocycles. The number of nitrogens with one attached hydrogen (secondary N) is 2. The van der Waals surface area contributed by atoms with Gasteiger partial charge in [0.25, 0.3) is 5.91 Å². The van der Waals surface area contributed by atoms with Crippen LogP contribution in [-0.4, -0.2) is 23.5 Å². The predicted octanol–water partition coefficient (Wildman–Crippen LogP) is 3.20. The third kappa shape index (κ3) is 3.16. The van der Waals surface area contributed by atoms with E-state index in [0.717, 1.165) is 0 Å². The predicted molar refractivity (Wildman–Crippen MR) is 80.6 cm³/mol. The summed E-state index contributed by atoms with van der Waals surface area (Å²) in [6.45, 7) is 5.36. The maximum absolute atomic E-state index is 12.9. The molecule has 1 heterocycles. The first-order chi connectivity index (χ1) is 10.4. The van der Waals surface area contributed by atoms with Gasteiger partial charge in [0.05, 0.1) is 12.2 Å². The molecule has 0 fully saturated rings. The number of aromatic amines is 1. The van der Waals surface area contributed by atoms with Crippen molar-refractivity contribution in [3.63, 3.8) is 0 Å². The van der Waals surface area contributed by atoms with Crippen LogP contribution in [0.3, 0.4) is 0 Å². The van der Waals surface area contributed by atoms with E-state index in [0.29, 0.717) is 22.5 Å². The Balaban J connectivity index is 2.25. The number of ether oxygens (including phenoxy) is 1. The van der Waals surface area contributed by atoms with Crippen LogP contribution in [0.5, 0.6) is 0 Å². The van der Waals surface area contributed by atoms with Crippen LogP contribution in [0, 0.1) is 19.7 Å². The van der Waals surface area contributed by atoms with Crippen LogP contribution in [0.1, 0.15) is 39.0 Å². The molecule has 0 saturated heterocycles. The number of halogens is 1. The van der Waals surface area contributed by atoms with E-state index in [4.69, 9.17) is 4.74 Å². The van der Waals surface area contributed by atoms with Crippen LogP contribution in [0.25, 0.3) is 0 Å². The van der Waals surface area contributed by atoms with Crippen molar-refractivity contribution in [2.24, 2.45) is 0 Å². The Hall–Kier alpha value is -2.63. The Morgan fingerprint density at radius 2 is 1.86 bits per heavy atom. The lowest BCUT2D eigenvalue weighted by Gasteiger charge is -2.05. The van der Waals surface area contributed by atoms with Crippen molar-refractivity contribution in [1.82, 2.24) is 4.98 Å². The second kappa shape index (κ2) is 6.43. The van der Waals surface area contributed by atoms with E-state index in [9.17, 15) is 14.0 Å². The number of esters is 1. The summed E-state index contributed by atoms with van der Waals surface area (Å²) in [6.07, 6.45) is 0. The molecule has 2 aromatic rings. The van der Waals surface area contributed by atoms with Gasteiger partial charge in [0, 0.05) is 11.4 Å². The smallest absolute Gasteiger partial charge is 0.340 e. The highest BCUT2D eigenvalue weighted by Crippen LogP contribution is 2.20. The largest absolute Gasteiger partial charge is 0.462 e. The molecule has 0 bridgehead atoms. The lowest BCUT2D eigenvalue weighted by molar-refractivity contribution is 0.0525. The zero-order valence-electron chi connectivity index (χ0n) is 12.6. The fourth-order valence-corrected chi connectivity index (χ4v) is 2.21. The van der Waals surface area contributed by atoms with Crippen molar-refractivity contribution < 1.29 is 18.7 Å². The second-order valence-electron chi connectivity index (χ2n) is 4.81. The second-order valence-corrected chi connectivity index (χ2v) is 4.81. The van der Waals surface area contributed by atoms with E-state index < -0.39 is 11.9 Å².